The minimum absolute atomic E-state index is 0.0800. The summed E-state index contributed by atoms with van der Waals surface area (Å²) in [5.41, 5.74) is 3.01. The first kappa shape index (κ1) is 23.5. The summed E-state index contributed by atoms with van der Waals surface area (Å²) < 4.78 is 40.7. The van der Waals surface area contributed by atoms with E-state index < -0.39 is 6.43 Å². The Morgan fingerprint density at radius 2 is 1.86 bits per heavy atom. The van der Waals surface area contributed by atoms with Crippen molar-refractivity contribution in [3.05, 3.63) is 71.4 Å². The molecule has 10 heteroatoms. The van der Waals surface area contributed by atoms with E-state index in [1.165, 1.54) is 23.0 Å². The highest BCUT2D eigenvalue weighted by molar-refractivity contribution is 7.26. The highest BCUT2D eigenvalue weighted by Crippen LogP contribution is 2.37. The molecule has 0 radical (unpaired) electrons. The molecule has 1 aromatic carbocycles. The first-order chi connectivity index (χ1) is 17.7. The van der Waals surface area contributed by atoms with Gasteiger partial charge in [-0.05, 0) is 53.8 Å². The highest BCUT2D eigenvalue weighted by Gasteiger charge is 2.20. The lowest BCUT2D eigenvalue weighted by Crippen LogP contribution is -2.10. The van der Waals surface area contributed by atoms with Crippen molar-refractivity contribution in [2.24, 2.45) is 0 Å². The van der Waals surface area contributed by atoms with Gasteiger partial charge in [0, 0.05) is 5.39 Å². The number of benzene rings is 1. The number of hydrogen-bond donors (Lipinski definition) is 0. The number of halogens is 2. The van der Waals surface area contributed by atoms with Crippen molar-refractivity contribution in [2.45, 2.75) is 46.1 Å². The molecule has 6 aromatic rings. The van der Waals surface area contributed by atoms with Crippen molar-refractivity contribution in [1.29, 1.82) is 0 Å². The Bertz CT molecular complexity index is 1760. The van der Waals surface area contributed by atoms with Crippen LogP contribution in [0.25, 0.3) is 37.7 Å². The normalized spacial score (nSPS) is 12.4. The molecule has 5 aromatic heterocycles. The second-order valence-corrected chi connectivity index (χ2v) is 10.9. The number of pyridine rings is 1. The van der Waals surface area contributed by atoms with Crippen LogP contribution in [-0.4, -0.2) is 24.6 Å². The average Bonchev–Trinajstić information content (AvgIpc) is 3.58. The molecule has 188 valence electrons. The lowest BCUT2D eigenvalue weighted by Gasteiger charge is -2.19. The number of rotatable bonds is 5. The summed E-state index contributed by atoms with van der Waals surface area (Å²) in [6.45, 7) is 8.56. The van der Waals surface area contributed by atoms with Crippen LogP contribution >= 0.6 is 11.3 Å². The second kappa shape index (κ2) is 8.58. The fourth-order valence-corrected chi connectivity index (χ4v) is 5.42. The van der Waals surface area contributed by atoms with Crippen LogP contribution in [0.15, 0.2) is 53.2 Å². The molecule has 37 heavy (non-hydrogen) atoms. The minimum atomic E-state index is -2.64. The van der Waals surface area contributed by atoms with Crippen molar-refractivity contribution < 1.29 is 17.9 Å². The van der Waals surface area contributed by atoms with Gasteiger partial charge in [-0.3, -0.25) is 0 Å². The van der Waals surface area contributed by atoms with Crippen LogP contribution in [0.3, 0.4) is 0 Å². The van der Waals surface area contributed by atoms with Gasteiger partial charge in [-0.1, -0.05) is 32.9 Å². The summed E-state index contributed by atoms with van der Waals surface area (Å²) in [7, 11) is 0. The Labute approximate surface area is 214 Å². The molecule has 7 nitrogen and oxygen atoms in total. The highest BCUT2D eigenvalue weighted by atomic mass is 32.1. The molecule has 0 bridgehead atoms. The van der Waals surface area contributed by atoms with Crippen molar-refractivity contribution in [3.63, 3.8) is 0 Å². The van der Waals surface area contributed by atoms with E-state index in [1.54, 1.807) is 23.8 Å². The molecule has 0 aliphatic rings. The van der Waals surface area contributed by atoms with Gasteiger partial charge in [-0.25, -0.2) is 28.2 Å². The molecule has 0 saturated heterocycles. The number of alkyl halides is 2. The van der Waals surface area contributed by atoms with Crippen molar-refractivity contribution in [3.8, 4) is 17.3 Å². The van der Waals surface area contributed by atoms with E-state index >= 15 is 0 Å². The van der Waals surface area contributed by atoms with Crippen LogP contribution < -0.4 is 4.74 Å². The topological polar surface area (TPSA) is 78.3 Å². The van der Waals surface area contributed by atoms with Gasteiger partial charge in [0.25, 0.3) is 6.43 Å². The standard InChI is InChI=1S/C27H23F2N5O2S/c1-14-11-18(23(28)29)31-26-20(14)21-22(37-26)25-32-24(33-34(25)13-30-21)19-10-9-17(36-19)12-35-16-7-5-15(6-8-16)27(2,3)4/h5-11,13,23H,12H2,1-4H3. The van der Waals surface area contributed by atoms with Gasteiger partial charge in [0.2, 0.25) is 5.82 Å². The molecule has 5 heterocycles. The summed E-state index contributed by atoms with van der Waals surface area (Å²) in [6.07, 6.45) is -1.07. The zero-order valence-electron chi connectivity index (χ0n) is 20.6. The number of ether oxygens (including phenoxy) is 1. The van der Waals surface area contributed by atoms with E-state index in [0.29, 0.717) is 38.9 Å². The molecule has 0 unspecified atom stereocenters. The van der Waals surface area contributed by atoms with Crippen molar-refractivity contribution in [1.82, 2.24) is 24.6 Å². The Hall–Kier alpha value is -3.92. The zero-order chi connectivity index (χ0) is 25.9. The van der Waals surface area contributed by atoms with E-state index in [4.69, 9.17) is 9.15 Å². The number of hydrogen-bond acceptors (Lipinski definition) is 7. The maximum Gasteiger partial charge on any atom is 0.280 e. The van der Waals surface area contributed by atoms with Crippen molar-refractivity contribution >= 4 is 37.4 Å². The number of aromatic nitrogens is 5. The third-order valence-corrected chi connectivity index (χ3v) is 7.26. The smallest absolute Gasteiger partial charge is 0.280 e. The number of thiophene rings is 1. The third-order valence-electron chi connectivity index (χ3n) is 6.19. The first-order valence-corrected chi connectivity index (χ1v) is 12.5. The molecule has 0 aliphatic carbocycles. The van der Waals surface area contributed by atoms with Gasteiger partial charge in [0.15, 0.2) is 11.4 Å². The molecule has 0 saturated carbocycles. The number of furan rings is 1. The van der Waals surface area contributed by atoms with Crippen molar-refractivity contribution in [2.75, 3.05) is 0 Å². The number of fused-ring (bicyclic) bond motifs is 5. The van der Waals surface area contributed by atoms with Gasteiger partial charge >= 0.3 is 0 Å². The van der Waals surface area contributed by atoms with Gasteiger partial charge in [-0.15, -0.1) is 16.4 Å². The maximum absolute atomic E-state index is 13.3. The number of nitrogens with zero attached hydrogens (tertiary/aromatic N) is 5. The average molecular weight is 520 g/mol. The van der Waals surface area contributed by atoms with E-state index in [-0.39, 0.29) is 17.7 Å². The molecular formula is C27H23F2N5O2S. The van der Waals surface area contributed by atoms with Crippen LogP contribution in [-0.2, 0) is 12.0 Å². The fraction of sp³-hybridized carbons (Fsp3) is 0.259. The van der Waals surface area contributed by atoms with E-state index in [1.807, 2.05) is 18.2 Å². The minimum Gasteiger partial charge on any atom is -0.486 e. The Kier molecular flexibility index (Phi) is 5.45. The van der Waals surface area contributed by atoms with Gasteiger partial charge in [0.05, 0.1) is 5.52 Å². The first-order valence-electron chi connectivity index (χ1n) is 11.7. The summed E-state index contributed by atoms with van der Waals surface area (Å²) in [4.78, 5) is 13.8. The molecule has 0 spiro atoms. The zero-order valence-corrected chi connectivity index (χ0v) is 21.4. The largest absolute Gasteiger partial charge is 0.486 e. The van der Waals surface area contributed by atoms with Gasteiger partial charge in [-0.2, -0.15) is 0 Å². The van der Waals surface area contributed by atoms with Gasteiger partial charge < -0.3 is 9.15 Å². The molecule has 6 rings (SSSR count). The van der Waals surface area contributed by atoms with E-state index in [9.17, 15) is 8.78 Å². The lowest BCUT2D eigenvalue weighted by atomic mass is 9.87. The van der Waals surface area contributed by atoms with E-state index in [2.05, 4.69) is 53.0 Å². The molecular weight excluding hydrogens is 496 g/mol. The summed E-state index contributed by atoms with van der Waals surface area (Å²) >= 11 is 1.28. The quantitative estimate of drug-likeness (QED) is 0.238. The predicted octanol–water partition coefficient (Wildman–Crippen LogP) is 7.27. The molecule has 0 N–H and O–H groups in total. The summed E-state index contributed by atoms with van der Waals surface area (Å²) in [5.74, 6) is 2.28. The summed E-state index contributed by atoms with van der Waals surface area (Å²) in [6, 6.07) is 13.1. The molecule has 0 fully saturated rings. The SMILES string of the molecule is Cc1cc(C(F)F)nc2sc3c(ncn4nc(-c5ccc(COc6ccc(C(C)(C)C)cc6)o5)nc34)c12. The van der Waals surface area contributed by atoms with Crippen LogP contribution in [0.2, 0.25) is 0 Å². The Morgan fingerprint density at radius 1 is 1.08 bits per heavy atom. The maximum atomic E-state index is 13.3. The van der Waals surface area contributed by atoms with Crippen LogP contribution in [0, 0.1) is 6.92 Å². The summed E-state index contributed by atoms with van der Waals surface area (Å²) in [5, 5.41) is 5.26. The lowest BCUT2D eigenvalue weighted by molar-refractivity contribution is 0.146. The third kappa shape index (κ3) is 4.21. The second-order valence-electron chi connectivity index (χ2n) is 9.90. The Balaban J connectivity index is 1.28. The van der Waals surface area contributed by atoms with Crippen LogP contribution in [0.1, 0.15) is 49.8 Å². The number of aryl methyl sites for hydroxylation is 1. The van der Waals surface area contributed by atoms with Crippen LogP contribution in [0.4, 0.5) is 8.78 Å². The monoisotopic (exact) mass is 519 g/mol. The fourth-order valence-electron chi connectivity index (χ4n) is 4.23. The van der Waals surface area contributed by atoms with Crippen LogP contribution in [0.5, 0.6) is 5.75 Å². The van der Waals surface area contributed by atoms with E-state index in [0.717, 1.165) is 15.8 Å². The molecule has 0 aliphatic heterocycles. The predicted molar refractivity (Wildman–Crippen MR) is 138 cm³/mol. The van der Waals surface area contributed by atoms with Gasteiger partial charge in [0.1, 0.15) is 39.7 Å². The molecule has 0 amide bonds. The molecule has 0 atom stereocenters. The Morgan fingerprint density at radius 3 is 2.59 bits per heavy atom.